The van der Waals surface area contributed by atoms with Crippen LogP contribution in [0.25, 0.3) is 0 Å². The molecule has 0 bridgehead atoms. The molecule has 1 fully saturated rings. The van der Waals surface area contributed by atoms with Gasteiger partial charge >= 0.3 is 24.0 Å². The minimum Gasteiger partial charge on any atom is -0.463 e. The first-order valence-corrected chi connectivity index (χ1v) is 11.3. The van der Waals surface area contributed by atoms with Gasteiger partial charge in [-0.3, -0.25) is 19.7 Å². The molecule has 3 rings (SSSR count). The van der Waals surface area contributed by atoms with Gasteiger partial charge in [-0.2, -0.15) is 0 Å². The first kappa shape index (κ1) is 25.2. The average molecular weight is 492 g/mol. The molecule has 11 heteroatoms. The highest BCUT2D eigenvalue weighted by atomic mass is 32.1. The van der Waals surface area contributed by atoms with Gasteiger partial charge in [0.2, 0.25) is 0 Å². The molecular formula is C23H25NO9S. The summed E-state index contributed by atoms with van der Waals surface area (Å²) in [5.74, 6) is -1.41. The molecule has 1 aromatic heterocycles. The SMILES string of the molecule is CC(=O)OC[C@@H]1C[C@H](OC(C)=O)[C@H](OC(C)=O)[C@@H](c2cccc(OC(=O)Nc3cccs3)c2)O1. The summed E-state index contributed by atoms with van der Waals surface area (Å²) >= 11 is 1.35. The first-order chi connectivity index (χ1) is 16.2. The lowest BCUT2D eigenvalue weighted by Crippen LogP contribution is -2.48. The lowest BCUT2D eigenvalue weighted by molar-refractivity contribution is -0.214. The molecule has 2 aromatic rings. The van der Waals surface area contributed by atoms with E-state index in [0.29, 0.717) is 10.6 Å². The number of hydrogen-bond donors (Lipinski definition) is 1. The fourth-order valence-corrected chi connectivity index (χ4v) is 4.11. The van der Waals surface area contributed by atoms with E-state index in [2.05, 4.69) is 5.32 Å². The molecule has 0 spiro atoms. The fraction of sp³-hybridized carbons (Fsp3) is 0.391. The minimum absolute atomic E-state index is 0.0736. The second kappa shape index (κ2) is 11.6. The van der Waals surface area contributed by atoms with Crippen LogP contribution in [-0.4, -0.2) is 48.9 Å². The minimum atomic E-state index is -0.967. The molecule has 1 aliphatic rings. The normalized spacial score (nSPS) is 21.7. The number of thiophene rings is 1. The van der Waals surface area contributed by atoms with E-state index in [-0.39, 0.29) is 18.8 Å². The highest BCUT2D eigenvalue weighted by molar-refractivity contribution is 7.14. The van der Waals surface area contributed by atoms with Crippen molar-refractivity contribution in [3.8, 4) is 5.75 Å². The Morgan fingerprint density at radius 3 is 2.44 bits per heavy atom. The van der Waals surface area contributed by atoms with E-state index < -0.39 is 48.4 Å². The predicted molar refractivity (Wildman–Crippen MR) is 120 cm³/mol. The molecule has 1 amide bonds. The first-order valence-electron chi connectivity index (χ1n) is 10.5. The number of carbonyl (C=O) groups excluding carboxylic acids is 4. The van der Waals surface area contributed by atoms with Crippen LogP contribution in [0.5, 0.6) is 5.75 Å². The Labute approximate surface area is 200 Å². The van der Waals surface area contributed by atoms with E-state index in [0.717, 1.165) is 0 Å². The molecule has 1 saturated heterocycles. The standard InChI is InChI=1S/C23H25NO9S/c1-13(25)29-12-18-11-19(30-14(2)26)22(31-15(3)27)21(32-18)16-6-4-7-17(10-16)33-23(28)24-20-8-5-9-34-20/h4-10,18-19,21-22H,11-12H2,1-3H3,(H,24,28)/t18-,19-,21+,22-/m0/s1. The number of rotatable bonds is 7. The lowest BCUT2D eigenvalue weighted by Gasteiger charge is -2.40. The number of carbonyl (C=O) groups is 4. The van der Waals surface area contributed by atoms with Crippen molar-refractivity contribution in [2.24, 2.45) is 0 Å². The summed E-state index contributed by atoms with van der Waals surface area (Å²) < 4.78 is 27.4. The maximum absolute atomic E-state index is 12.2. The van der Waals surface area contributed by atoms with Gasteiger partial charge in [0, 0.05) is 27.2 Å². The maximum Gasteiger partial charge on any atom is 0.417 e. The van der Waals surface area contributed by atoms with E-state index in [9.17, 15) is 19.2 Å². The van der Waals surface area contributed by atoms with Crippen LogP contribution in [0.4, 0.5) is 9.80 Å². The summed E-state index contributed by atoms with van der Waals surface area (Å²) in [5.41, 5.74) is 0.511. The Morgan fingerprint density at radius 2 is 1.79 bits per heavy atom. The van der Waals surface area contributed by atoms with Gasteiger partial charge in [-0.15, -0.1) is 11.3 Å². The van der Waals surface area contributed by atoms with Crippen molar-refractivity contribution < 1.29 is 42.9 Å². The van der Waals surface area contributed by atoms with Gasteiger partial charge in [0.15, 0.2) is 6.10 Å². The van der Waals surface area contributed by atoms with Crippen molar-refractivity contribution >= 4 is 40.3 Å². The van der Waals surface area contributed by atoms with Gasteiger partial charge in [-0.05, 0) is 35.2 Å². The molecule has 1 N–H and O–H groups in total. The molecule has 2 heterocycles. The third-order valence-corrected chi connectivity index (χ3v) is 5.52. The smallest absolute Gasteiger partial charge is 0.417 e. The number of anilines is 1. The monoisotopic (exact) mass is 491 g/mol. The Morgan fingerprint density at radius 1 is 1.03 bits per heavy atom. The van der Waals surface area contributed by atoms with Crippen LogP contribution in [-0.2, 0) is 33.3 Å². The van der Waals surface area contributed by atoms with Crippen LogP contribution >= 0.6 is 11.3 Å². The number of amides is 1. The van der Waals surface area contributed by atoms with E-state index in [1.54, 1.807) is 36.4 Å². The van der Waals surface area contributed by atoms with E-state index in [4.69, 9.17) is 23.7 Å². The second-order valence-electron chi connectivity index (χ2n) is 7.50. The zero-order valence-corrected chi connectivity index (χ0v) is 19.7. The lowest BCUT2D eigenvalue weighted by atomic mass is 9.92. The average Bonchev–Trinajstić information content (AvgIpc) is 3.26. The number of benzene rings is 1. The number of ether oxygens (including phenoxy) is 5. The Bertz CT molecular complexity index is 1020. The van der Waals surface area contributed by atoms with Crippen LogP contribution < -0.4 is 10.1 Å². The highest BCUT2D eigenvalue weighted by Crippen LogP contribution is 2.37. The van der Waals surface area contributed by atoms with Crippen molar-refractivity contribution in [3.63, 3.8) is 0 Å². The number of nitrogens with one attached hydrogen (secondary N) is 1. The third kappa shape index (κ3) is 7.29. The molecule has 0 unspecified atom stereocenters. The second-order valence-corrected chi connectivity index (χ2v) is 8.45. The van der Waals surface area contributed by atoms with Gasteiger partial charge in [0.05, 0.1) is 11.1 Å². The number of esters is 3. The zero-order chi connectivity index (χ0) is 24.7. The largest absolute Gasteiger partial charge is 0.463 e. The molecule has 4 atom stereocenters. The van der Waals surface area contributed by atoms with Gasteiger partial charge in [-0.1, -0.05) is 12.1 Å². The summed E-state index contributed by atoms with van der Waals surface area (Å²) in [4.78, 5) is 47.0. The van der Waals surface area contributed by atoms with Gasteiger partial charge in [-0.25, -0.2) is 4.79 Å². The summed E-state index contributed by atoms with van der Waals surface area (Å²) in [6, 6.07) is 10.0. The van der Waals surface area contributed by atoms with E-state index >= 15 is 0 Å². The Hall–Kier alpha value is -3.44. The maximum atomic E-state index is 12.2. The van der Waals surface area contributed by atoms with E-state index in [1.807, 2.05) is 5.38 Å². The molecule has 10 nitrogen and oxygen atoms in total. The highest BCUT2D eigenvalue weighted by Gasteiger charge is 2.44. The Balaban J connectivity index is 1.84. The summed E-state index contributed by atoms with van der Waals surface area (Å²) in [7, 11) is 0. The van der Waals surface area contributed by atoms with Crippen LogP contribution in [0.15, 0.2) is 41.8 Å². The van der Waals surface area contributed by atoms with Gasteiger partial charge < -0.3 is 23.7 Å². The molecule has 0 saturated carbocycles. The molecule has 182 valence electrons. The van der Waals surface area contributed by atoms with Crippen molar-refractivity contribution in [3.05, 3.63) is 47.3 Å². The summed E-state index contributed by atoms with van der Waals surface area (Å²) in [6.45, 7) is 3.68. The van der Waals surface area contributed by atoms with Crippen molar-refractivity contribution in [1.29, 1.82) is 0 Å². The van der Waals surface area contributed by atoms with Crippen LogP contribution in [0.3, 0.4) is 0 Å². The fourth-order valence-electron chi connectivity index (χ4n) is 3.51. The quantitative estimate of drug-likeness (QED) is 0.456. The van der Waals surface area contributed by atoms with Crippen LogP contribution in [0.1, 0.15) is 38.9 Å². The molecule has 1 aliphatic heterocycles. The molecule has 1 aromatic carbocycles. The number of hydrogen-bond acceptors (Lipinski definition) is 10. The van der Waals surface area contributed by atoms with Gasteiger partial charge in [0.25, 0.3) is 0 Å². The summed E-state index contributed by atoms with van der Waals surface area (Å²) in [5, 5.41) is 5.06. The predicted octanol–water partition coefficient (Wildman–Crippen LogP) is 3.62. The van der Waals surface area contributed by atoms with Gasteiger partial charge in [0.1, 0.15) is 24.6 Å². The summed E-state index contributed by atoms with van der Waals surface area (Å²) in [6.07, 6.45) is -3.84. The topological polar surface area (TPSA) is 126 Å². The van der Waals surface area contributed by atoms with Crippen molar-refractivity contribution in [2.45, 2.75) is 51.6 Å². The molecular weight excluding hydrogens is 466 g/mol. The molecule has 0 radical (unpaired) electrons. The molecule has 34 heavy (non-hydrogen) atoms. The zero-order valence-electron chi connectivity index (χ0n) is 18.8. The Kier molecular flexibility index (Phi) is 8.61. The van der Waals surface area contributed by atoms with E-state index in [1.165, 1.54) is 32.1 Å². The van der Waals surface area contributed by atoms with Crippen molar-refractivity contribution in [2.75, 3.05) is 11.9 Å². The van der Waals surface area contributed by atoms with Crippen LogP contribution in [0, 0.1) is 0 Å². The third-order valence-electron chi connectivity index (χ3n) is 4.73. The molecule has 0 aliphatic carbocycles. The van der Waals surface area contributed by atoms with Crippen LogP contribution in [0.2, 0.25) is 0 Å². The van der Waals surface area contributed by atoms with Crippen molar-refractivity contribution in [1.82, 2.24) is 0 Å².